The first-order valence-electron chi connectivity index (χ1n) is 9.16. The first kappa shape index (κ1) is 21.6. The van der Waals surface area contributed by atoms with Crippen molar-refractivity contribution in [3.63, 3.8) is 0 Å². The van der Waals surface area contributed by atoms with E-state index in [4.69, 9.17) is 0 Å². The second-order valence-electron chi connectivity index (χ2n) is 7.10. The summed E-state index contributed by atoms with van der Waals surface area (Å²) in [5, 5.41) is 1.58. The van der Waals surface area contributed by atoms with Crippen molar-refractivity contribution in [1.29, 1.82) is 0 Å². The number of alkyl halides is 3. The lowest BCUT2D eigenvalue weighted by Gasteiger charge is -2.20. The molecule has 1 amide bonds. The smallest absolute Gasteiger partial charge is 0.346 e. The highest BCUT2D eigenvalue weighted by atomic mass is 31.2. The van der Waals surface area contributed by atoms with E-state index in [1.54, 1.807) is 5.32 Å². The molecule has 1 unspecified atom stereocenters. The predicted molar refractivity (Wildman–Crippen MR) is 102 cm³/mol. The van der Waals surface area contributed by atoms with Crippen LogP contribution in [-0.2, 0) is 9.36 Å². The van der Waals surface area contributed by atoms with Crippen molar-refractivity contribution in [2.45, 2.75) is 37.0 Å². The number of nitrogens with one attached hydrogen (secondary N) is 1. The normalized spacial score (nSPS) is 14.9. The highest BCUT2D eigenvalue weighted by Crippen LogP contribution is 2.48. The number of rotatable bonds is 7. The van der Waals surface area contributed by atoms with Crippen molar-refractivity contribution in [2.75, 3.05) is 6.54 Å². The van der Waals surface area contributed by atoms with Gasteiger partial charge in [-0.1, -0.05) is 55.0 Å². The van der Waals surface area contributed by atoms with Gasteiger partial charge in [0.15, 0.2) is 0 Å². The molecule has 0 aliphatic heterocycles. The highest BCUT2D eigenvalue weighted by Gasteiger charge is 2.38. The second-order valence-corrected chi connectivity index (χ2v) is 8.90. The topological polar surface area (TPSA) is 86.6 Å². The summed E-state index contributed by atoms with van der Waals surface area (Å²) in [5.41, 5.74) is 2.60. The number of halogens is 3. The Bertz CT molecular complexity index is 896. The molecule has 1 aliphatic carbocycles. The molecule has 1 atom stereocenters. The van der Waals surface area contributed by atoms with Crippen molar-refractivity contribution < 1.29 is 32.3 Å². The number of hydrogen-bond donors (Lipinski definition) is 3. The summed E-state index contributed by atoms with van der Waals surface area (Å²) in [6, 6.07) is 15.7. The van der Waals surface area contributed by atoms with E-state index in [0.29, 0.717) is 6.42 Å². The van der Waals surface area contributed by atoms with E-state index in [9.17, 15) is 32.3 Å². The van der Waals surface area contributed by atoms with Gasteiger partial charge in [0, 0.05) is 5.92 Å². The maximum Gasteiger partial charge on any atom is 0.405 e. The Kier molecular flexibility index (Phi) is 6.17. The van der Waals surface area contributed by atoms with Gasteiger partial charge < -0.3 is 15.1 Å². The van der Waals surface area contributed by atoms with Gasteiger partial charge in [0.05, 0.1) is 0 Å². The molecule has 0 fully saturated rings. The average molecular weight is 427 g/mol. The summed E-state index contributed by atoms with van der Waals surface area (Å²) in [5.74, 6) is -1.26. The van der Waals surface area contributed by atoms with Crippen molar-refractivity contribution in [3.05, 3.63) is 59.7 Å². The Morgan fingerprint density at radius 1 is 1.03 bits per heavy atom. The van der Waals surface area contributed by atoms with Crippen LogP contribution in [0.3, 0.4) is 0 Å². The van der Waals surface area contributed by atoms with E-state index in [1.165, 1.54) is 0 Å². The molecule has 3 rings (SSSR count). The van der Waals surface area contributed by atoms with Crippen molar-refractivity contribution >= 4 is 13.5 Å². The van der Waals surface area contributed by atoms with E-state index in [2.05, 4.69) is 0 Å². The third-order valence-electron chi connectivity index (χ3n) is 5.10. The van der Waals surface area contributed by atoms with E-state index in [1.807, 2.05) is 48.5 Å². The minimum Gasteiger partial charge on any atom is -0.346 e. The maximum atomic E-state index is 12.3. The van der Waals surface area contributed by atoms with Gasteiger partial charge >= 0.3 is 13.8 Å². The fourth-order valence-corrected chi connectivity index (χ4v) is 4.76. The molecule has 0 saturated heterocycles. The first-order chi connectivity index (χ1) is 13.6. The summed E-state index contributed by atoms with van der Waals surface area (Å²) in [7, 11) is -4.89. The molecule has 156 valence electrons. The van der Waals surface area contributed by atoms with Crippen LogP contribution in [0.25, 0.3) is 11.1 Å². The third-order valence-corrected chi connectivity index (χ3v) is 6.41. The Hall–Kier alpha value is -2.15. The molecule has 0 bridgehead atoms. The van der Waals surface area contributed by atoms with Gasteiger partial charge in [-0.05, 0) is 35.1 Å². The van der Waals surface area contributed by atoms with E-state index in [0.717, 1.165) is 22.3 Å². The Morgan fingerprint density at radius 2 is 1.55 bits per heavy atom. The largest absolute Gasteiger partial charge is 0.405 e. The van der Waals surface area contributed by atoms with Crippen LogP contribution < -0.4 is 5.32 Å². The Labute approximate surface area is 166 Å². The van der Waals surface area contributed by atoms with Crippen LogP contribution in [0.5, 0.6) is 0 Å². The molecule has 5 nitrogen and oxygen atoms in total. The summed E-state index contributed by atoms with van der Waals surface area (Å²) >= 11 is 0. The molecule has 2 aromatic rings. The molecule has 0 saturated carbocycles. The summed E-state index contributed by atoms with van der Waals surface area (Å²) in [6.45, 7) is -1.62. The lowest BCUT2D eigenvalue weighted by atomic mass is 9.91. The van der Waals surface area contributed by atoms with Crippen molar-refractivity contribution in [3.8, 4) is 11.1 Å². The molecule has 0 radical (unpaired) electrons. The third kappa shape index (κ3) is 5.07. The summed E-state index contributed by atoms with van der Waals surface area (Å²) in [4.78, 5) is 30.9. The molecule has 0 spiro atoms. The summed E-state index contributed by atoms with van der Waals surface area (Å²) in [6.07, 6.45) is -4.04. The van der Waals surface area contributed by atoms with Crippen LogP contribution in [0.15, 0.2) is 48.5 Å². The van der Waals surface area contributed by atoms with Gasteiger partial charge in [-0.3, -0.25) is 9.36 Å². The van der Waals surface area contributed by atoms with Gasteiger partial charge in [0.1, 0.15) is 12.2 Å². The van der Waals surface area contributed by atoms with E-state index in [-0.39, 0.29) is 18.8 Å². The lowest BCUT2D eigenvalue weighted by Crippen LogP contribution is -2.40. The zero-order valence-electron chi connectivity index (χ0n) is 15.4. The molecule has 29 heavy (non-hydrogen) atoms. The second kappa shape index (κ2) is 8.30. The first-order valence-corrected chi connectivity index (χ1v) is 10.8. The minimum atomic E-state index is -4.89. The number of amides is 1. The zero-order valence-corrected chi connectivity index (χ0v) is 16.3. The predicted octanol–water partition coefficient (Wildman–Crippen LogP) is 4.19. The SMILES string of the molecule is O=C(NCC(F)(F)F)C(CCCC1c2ccccc2-c2ccccc21)P(=O)(O)O. The van der Waals surface area contributed by atoms with Crippen molar-refractivity contribution in [1.82, 2.24) is 5.32 Å². The summed E-state index contributed by atoms with van der Waals surface area (Å²) < 4.78 is 48.6. The quantitative estimate of drug-likeness (QED) is 0.579. The molecule has 0 heterocycles. The molecular weight excluding hydrogens is 406 g/mol. The maximum absolute atomic E-state index is 12.3. The number of fused-ring (bicyclic) bond motifs is 3. The fourth-order valence-electron chi connectivity index (χ4n) is 3.84. The number of carbonyl (C=O) groups excluding carboxylic acids is 1. The zero-order chi connectivity index (χ0) is 21.2. The monoisotopic (exact) mass is 427 g/mol. The van der Waals surface area contributed by atoms with Crippen molar-refractivity contribution in [2.24, 2.45) is 0 Å². The van der Waals surface area contributed by atoms with Crippen LogP contribution in [0.2, 0.25) is 0 Å². The van der Waals surface area contributed by atoms with E-state index >= 15 is 0 Å². The molecule has 0 aromatic heterocycles. The molecular formula is C20H21F3NO4P. The molecule has 3 N–H and O–H groups in total. The molecule has 1 aliphatic rings. The Morgan fingerprint density at radius 3 is 2.03 bits per heavy atom. The van der Waals surface area contributed by atoms with Crippen LogP contribution in [0.1, 0.15) is 36.3 Å². The molecule has 2 aromatic carbocycles. The van der Waals surface area contributed by atoms with Crippen LogP contribution >= 0.6 is 7.60 Å². The Balaban J connectivity index is 1.70. The van der Waals surface area contributed by atoms with Crippen LogP contribution in [0.4, 0.5) is 13.2 Å². The van der Waals surface area contributed by atoms with Crippen LogP contribution in [0, 0.1) is 0 Å². The number of carbonyl (C=O) groups is 1. The lowest BCUT2D eigenvalue weighted by molar-refractivity contribution is -0.138. The van der Waals surface area contributed by atoms with Crippen LogP contribution in [-0.4, -0.2) is 34.1 Å². The van der Waals surface area contributed by atoms with Gasteiger partial charge in [-0.15, -0.1) is 0 Å². The minimum absolute atomic E-state index is 0.0121. The number of benzene rings is 2. The van der Waals surface area contributed by atoms with Gasteiger partial charge in [0.25, 0.3) is 0 Å². The molecule has 9 heteroatoms. The van der Waals surface area contributed by atoms with Gasteiger partial charge in [-0.25, -0.2) is 0 Å². The van der Waals surface area contributed by atoms with E-state index < -0.39 is 31.9 Å². The standard InChI is InChI=1S/C20H21F3NO4P/c21-20(22,23)12-24-19(25)18(29(26,27)28)11-5-10-17-15-8-3-1-6-13(15)14-7-2-4-9-16(14)17/h1-4,6-9,17-18H,5,10-12H2,(H,24,25)(H2,26,27,28). The van der Waals surface area contributed by atoms with Gasteiger partial charge in [-0.2, -0.15) is 13.2 Å². The highest BCUT2D eigenvalue weighted by molar-refractivity contribution is 7.53. The number of hydrogen-bond acceptors (Lipinski definition) is 2. The average Bonchev–Trinajstić information content (AvgIpc) is 2.96. The fraction of sp³-hybridized carbons (Fsp3) is 0.350. The van der Waals surface area contributed by atoms with Gasteiger partial charge in [0.2, 0.25) is 5.91 Å².